The van der Waals surface area contributed by atoms with Crippen LogP contribution in [0.25, 0.3) is 0 Å². The summed E-state index contributed by atoms with van der Waals surface area (Å²) >= 11 is 3.15. The summed E-state index contributed by atoms with van der Waals surface area (Å²) in [5.74, 6) is 1.21. The molecule has 0 aliphatic heterocycles. The van der Waals surface area contributed by atoms with Gasteiger partial charge in [0.15, 0.2) is 0 Å². The standard InChI is InChI=1S/2C10H15NO2S.2CH4/c2*11-9(10(13)6-12)7-14-8-4-2-1-3-5-8;;/h2*1-5,9-10,12-13H,6-7,11H2;2*1H4/t9-,10+;9-,10-;;/m00../s1. The van der Waals surface area contributed by atoms with E-state index in [-0.39, 0.29) is 40.2 Å². The van der Waals surface area contributed by atoms with Crippen molar-refractivity contribution in [1.29, 1.82) is 0 Å². The maximum atomic E-state index is 9.22. The van der Waals surface area contributed by atoms with E-state index >= 15 is 0 Å². The van der Waals surface area contributed by atoms with Crippen LogP contribution in [0.3, 0.4) is 0 Å². The Balaban J connectivity index is 0. The van der Waals surface area contributed by atoms with Gasteiger partial charge in [-0.25, -0.2) is 0 Å². The van der Waals surface area contributed by atoms with Crippen molar-refractivity contribution in [3.8, 4) is 0 Å². The van der Waals surface area contributed by atoms with Crippen LogP contribution in [0.15, 0.2) is 70.5 Å². The number of hydrogen-bond donors (Lipinski definition) is 6. The van der Waals surface area contributed by atoms with E-state index in [2.05, 4.69) is 0 Å². The number of nitrogens with two attached hydrogens (primary N) is 2. The molecule has 0 unspecified atom stereocenters. The molecule has 2 rings (SSSR count). The molecule has 0 amide bonds. The van der Waals surface area contributed by atoms with Crippen molar-refractivity contribution in [2.24, 2.45) is 11.5 Å². The minimum Gasteiger partial charge on any atom is -0.394 e. The molecule has 6 nitrogen and oxygen atoms in total. The number of rotatable bonds is 10. The van der Waals surface area contributed by atoms with Crippen LogP contribution in [0.4, 0.5) is 0 Å². The minimum atomic E-state index is -0.828. The lowest BCUT2D eigenvalue weighted by atomic mass is 10.2. The van der Waals surface area contributed by atoms with Gasteiger partial charge in [-0.1, -0.05) is 51.3 Å². The molecule has 0 radical (unpaired) electrons. The van der Waals surface area contributed by atoms with Gasteiger partial charge in [0, 0.05) is 33.4 Å². The van der Waals surface area contributed by atoms with Gasteiger partial charge in [0.05, 0.1) is 25.4 Å². The first-order valence-electron chi connectivity index (χ1n) is 8.92. The minimum absolute atomic E-state index is 0. The Morgan fingerprint density at radius 3 is 1.20 bits per heavy atom. The highest BCUT2D eigenvalue weighted by Crippen LogP contribution is 2.18. The molecule has 8 N–H and O–H groups in total. The van der Waals surface area contributed by atoms with E-state index < -0.39 is 12.2 Å². The molecule has 0 aromatic heterocycles. The van der Waals surface area contributed by atoms with Crippen molar-refractivity contribution < 1.29 is 20.4 Å². The second-order valence-corrected chi connectivity index (χ2v) is 8.26. The van der Waals surface area contributed by atoms with Crippen LogP contribution in [0, 0.1) is 0 Å². The zero-order valence-corrected chi connectivity index (χ0v) is 17.3. The molecule has 0 aliphatic rings. The lowest BCUT2D eigenvalue weighted by Crippen LogP contribution is -2.39. The van der Waals surface area contributed by atoms with E-state index in [9.17, 15) is 10.2 Å². The monoisotopic (exact) mass is 458 g/mol. The third kappa shape index (κ3) is 13.3. The number of benzene rings is 2. The van der Waals surface area contributed by atoms with Crippen LogP contribution >= 0.6 is 23.5 Å². The topological polar surface area (TPSA) is 133 Å². The predicted octanol–water partition coefficient (Wildman–Crippen LogP) is 2.19. The molecule has 0 saturated heterocycles. The molecule has 0 fully saturated rings. The maximum absolute atomic E-state index is 9.22. The van der Waals surface area contributed by atoms with E-state index in [1.165, 1.54) is 0 Å². The van der Waals surface area contributed by atoms with Gasteiger partial charge >= 0.3 is 0 Å². The van der Waals surface area contributed by atoms with Crippen LogP contribution in [-0.4, -0.2) is 69.4 Å². The number of hydrogen-bond acceptors (Lipinski definition) is 8. The molecule has 172 valence electrons. The van der Waals surface area contributed by atoms with Crippen molar-refractivity contribution in [1.82, 2.24) is 0 Å². The lowest BCUT2D eigenvalue weighted by molar-refractivity contribution is 0.0800. The molecule has 8 heteroatoms. The van der Waals surface area contributed by atoms with E-state index in [1.807, 2.05) is 60.7 Å². The van der Waals surface area contributed by atoms with Crippen LogP contribution < -0.4 is 11.5 Å². The van der Waals surface area contributed by atoms with Crippen LogP contribution in [0.5, 0.6) is 0 Å². The van der Waals surface area contributed by atoms with Crippen molar-refractivity contribution in [3.05, 3.63) is 60.7 Å². The summed E-state index contributed by atoms with van der Waals surface area (Å²) in [5, 5.41) is 35.8. The highest BCUT2D eigenvalue weighted by Gasteiger charge is 2.14. The number of aliphatic hydroxyl groups is 4. The second kappa shape index (κ2) is 18.7. The molecule has 2 aromatic rings. The Bertz CT molecular complexity index is 568. The van der Waals surface area contributed by atoms with Crippen LogP contribution in [-0.2, 0) is 0 Å². The summed E-state index contributed by atoms with van der Waals surface area (Å²) in [5.41, 5.74) is 11.3. The third-order valence-electron chi connectivity index (χ3n) is 3.73. The summed E-state index contributed by atoms with van der Waals surface area (Å²) in [4.78, 5) is 2.24. The van der Waals surface area contributed by atoms with Crippen molar-refractivity contribution in [3.63, 3.8) is 0 Å². The Kier molecular flexibility index (Phi) is 19.3. The van der Waals surface area contributed by atoms with Gasteiger partial charge in [0.25, 0.3) is 0 Å². The van der Waals surface area contributed by atoms with Gasteiger partial charge in [-0.05, 0) is 24.3 Å². The number of thioether (sulfide) groups is 2. The Hall–Kier alpha value is -1.10. The second-order valence-electron chi connectivity index (χ2n) is 6.08. The normalized spacial score (nSPS) is 14.1. The SMILES string of the molecule is C.C.N[C@@H](CSc1ccccc1)[C@@H](O)CO.N[C@@H](CSc1ccccc1)[C@H](O)CO. The van der Waals surface area contributed by atoms with Crippen LogP contribution in [0.2, 0.25) is 0 Å². The van der Waals surface area contributed by atoms with Gasteiger partial charge in [-0.3, -0.25) is 0 Å². The van der Waals surface area contributed by atoms with Crippen molar-refractivity contribution in [2.75, 3.05) is 24.7 Å². The molecule has 0 bridgehead atoms. The quantitative estimate of drug-likeness (QED) is 0.299. The van der Waals surface area contributed by atoms with E-state index in [4.69, 9.17) is 21.7 Å². The zero-order valence-electron chi connectivity index (χ0n) is 15.7. The molecule has 4 atom stereocenters. The van der Waals surface area contributed by atoms with Gasteiger partial charge in [-0.2, -0.15) is 0 Å². The zero-order chi connectivity index (χ0) is 20.8. The molecular formula is C22H38N2O4S2. The lowest BCUT2D eigenvalue weighted by Gasteiger charge is -2.15. The number of aliphatic hydroxyl groups excluding tert-OH is 4. The van der Waals surface area contributed by atoms with Gasteiger partial charge in [0.1, 0.15) is 0 Å². The summed E-state index contributed by atoms with van der Waals surface area (Å²) in [6.07, 6.45) is -1.66. The average molecular weight is 459 g/mol. The Morgan fingerprint density at radius 1 is 0.633 bits per heavy atom. The molecule has 2 aromatic carbocycles. The first-order valence-corrected chi connectivity index (χ1v) is 10.9. The smallest absolute Gasteiger partial charge is 0.0929 e. The summed E-state index contributed by atoms with van der Waals surface area (Å²) in [7, 11) is 0. The first-order chi connectivity index (χ1) is 13.5. The first kappa shape index (κ1) is 31.1. The largest absolute Gasteiger partial charge is 0.394 e. The van der Waals surface area contributed by atoms with E-state index in [0.29, 0.717) is 11.5 Å². The third-order valence-corrected chi connectivity index (χ3v) is 6.05. The molecule has 0 heterocycles. The Morgan fingerprint density at radius 2 is 0.933 bits per heavy atom. The van der Waals surface area contributed by atoms with Crippen molar-refractivity contribution >= 4 is 23.5 Å². The highest BCUT2D eigenvalue weighted by molar-refractivity contribution is 7.99. The molecule has 0 spiro atoms. The predicted molar refractivity (Wildman–Crippen MR) is 130 cm³/mol. The van der Waals surface area contributed by atoms with E-state index in [0.717, 1.165) is 9.79 Å². The summed E-state index contributed by atoms with van der Waals surface area (Å²) < 4.78 is 0. The average Bonchev–Trinajstić information content (AvgIpc) is 2.76. The molecule has 0 saturated carbocycles. The fourth-order valence-corrected chi connectivity index (χ4v) is 3.82. The maximum Gasteiger partial charge on any atom is 0.0929 e. The molecule has 30 heavy (non-hydrogen) atoms. The van der Waals surface area contributed by atoms with Gasteiger partial charge < -0.3 is 31.9 Å². The highest BCUT2D eigenvalue weighted by atomic mass is 32.2. The fourth-order valence-electron chi connectivity index (χ4n) is 1.91. The van der Waals surface area contributed by atoms with Gasteiger partial charge in [0.2, 0.25) is 0 Å². The van der Waals surface area contributed by atoms with Crippen LogP contribution in [0.1, 0.15) is 14.9 Å². The molecule has 0 aliphatic carbocycles. The molecular weight excluding hydrogens is 420 g/mol. The van der Waals surface area contributed by atoms with E-state index in [1.54, 1.807) is 23.5 Å². The van der Waals surface area contributed by atoms with Gasteiger partial charge in [-0.15, -0.1) is 23.5 Å². The summed E-state index contributed by atoms with van der Waals surface area (Å²) in [6.45, 7) is -0.562. The van der Waals surface area contributed by atoms with Crippen molar-refractivity contribution in [2.45, 2.75) is 48.9 Å². The Labute approximate surface area is 189 Å². The summed E-state index contributed by atoms with van der Waals surface area (Å²) in [6, 6.07) is 18.9. The fraction of sp³-hybridized carbons (Fsp3) is 0.455.